The van der Waals surface area contributed by atoms with E-state index in [1.807, 2.05) is 6.07 Å². The van der Waals surface area contributed by atoms with E-state index in [1.54, 1.807) is 12.1 Å². The molecule has 128 valence electrons. The number of anilines is 1. The molecule has 0 fully saturated rings. The lowest BCUT2D eigenvalue weighted by Crippen LogP contribution is -2.30. The third-order valence-corrected chi connectivity index (χ3v) is 3.21. The number of carbonyl (C=O) groups excluding carboxylic acids is 1. The second-order valence-electron chi connectivity index (χ2n) is 5.92. The Labute approximate surface area is 137 Å². The zero-order valence-electron chi connectivity index (χ0n) is 13.9. The molecule has 1 aliphatic heterocycles. The van der Waals surface area contributed by atoms with E-state index in [1.165, 1.54) is 0 Å². The van der Waals surface area contributed by atoms with E-state index in [0.717, 1.165) is 25.2 Å². The Morgan fingerprint density at radius 3 is 2.83 bits per heavy atom. The minimum Gasteiger partial charge on any atom is -0.490 e. The summed E-state index contributed by atoms with van der Waals surface area (Å²) in [7, 11) is 0. The molecule has 0 bridgehead atoms. The van der Waals surface area contributed by atoms with E-state index < -0.39 is 0 Å². The van der Waals surface area contributed by atoms with E-state index in [9.17, 15) is 4.79 Å². The first-order valence-electron chi connectivity index (χ1n) is 8.17. The zero-order valence-corrected chi connectivity index (χ0v) is 13.9. The molecule has 23 heavy (non-hydrogen) atoms. The van der Waals surface area contributed by atoms with E-state index in [-0.39, 0.29) is 6.03 Å². The number of carbonyl (C=O) groups is 1. The SMILES string of the molecule is CC(C)COCCCNC(=O)Nc1ccc2c(c1)OCCCO2. The van der Waals surface area contributed by atoms with Crippen LogP contribution < -0.4 is 20.1 Å². The molecule has 0 aliphatic carbocycles. The Kier molecular flexibility index (Phi) is 7.00. The lowest BCUT2D eigenvalue weighted by Gasteiger charge is -2.11. The van der Waals surface area contributed by atoms with Gasteiger partial charge in [-0.1, -0.05) is 13.8 Å². The predicted molar refractivity (Wildman–Crippen MR) is 89.3 cm³/mol. The molecule has 0 atom stereocenters. The smallest absolute Gasteiger partial charge is 0.319 e. The van der Waals surface area contributed by atoms with Gasteiger partial charge in [-0.25, -0.2) is 4.79 Å². The van der Waals surface area contributed by atoms with Crippen molar-refractivity contribution < 1.29 is 19.0 Å². The minimum atomic E-state index is -0.233. The molecule has 0 saturated carbocycles. The highest BCUT2D eigenvalue weighted by Crippen LogP contribution is 2.32. The monoisotopic (exact) mass is 322 g/mol. The average Bonchev–Trinajstić information content (AvgIpc) is 2.75. The van der Waals surface area contributed by atoms with Crippen LogP contribution in [0.3, 0.4) is 0 Å². The Morgan fingerprint density at radius 1 is 1.26 bits per heavy atom. The maximum atomic E-state index is 11.9. The van der Waals surface area contributed by atoms with Crippen molar-refractivity contribution in [1.82, 2.24) is 5.32 Å². The van der Waals surface area contributed by atoms with Gasteiger partial charge in [-0.05, 0) is 24.5 Å². The molecule has 0 aromatic heterocycles. The molecule has 1 aromatic carbocycles. The van der Waals surface area contributed by atoms with Crippen molar-refractivity contribution >= 4 is 11.7 Å². The van der Waals surface area contributed by atoms with Crippen molar-refractivity contribution in [3.05, 3.63) is 18.2 Å². The Bertz CT molecular complexity index is 505. The van der Waals surface area contributed by atoms with Crippen LogP contribution in [-0.4, -0.2) is 39.0 Å². The quantitative estimate of drug-likeness (QED) is 0.757. The molecule has 6 heteroatoms. The molecule has 2 amide bonds. The average molecular weight is 322 g/mol. The molecule has 0 saturated heterocycles. The molecule has 6 nitrogen and oxygen atoms in total. The van der Waals surface area contributed by atoms with Crippen LogP contribution in [0.1, 0.15) is 26.7 Å². The van der Waals surface area contributed by atoms with Crippen molar-refractivity contribution in [3.63, 3.8) is 0 Å². The molecule has 1 aromatic rings. The van der Waals surface area contributed by atoms with Crippen LogP contribution in [0.2, 0.25) is 0 Å². The van der Waals surface area contributed by atoms with Gasteiger partial charge in [0.25, 0.3) is 0 Å². The number of hydrogen-bond acceptors (Lipinski definition) is 4. The molecular weight excluding hydrogens is 296 g/mol. The number of benzene rings is 1. The van der Waals surface area contributed by atoms with Crippen molar-refractivity contribution in [2.24, 2.45) is 5.92 Å². The third kappa shape index (κ3) is 6.36. The summed E-state index contributed by atoms with van der Waals surface area (Å²) >= 11 is 0. The first kappa shape index (κ1) is 17.4. The van der Waals surface area contributed by atoms with Gasteiger partial charge in [-0.3, -0.25) is 0 Å². The summed E-state index contributed by atoms with van der Waals surface area (Å²) in [6, 6.07) is 5.17. The fraction of sp³-hybridized carbons (Fsp3) is 0.588. The molecule has 0 radical (unpaired) electrons. The molecular formula is C17H26N2O4. The molecule has 0 unspecified atom stereocenters. The van der Waals surface area contributed by atoms with Crippen LogP contribution >= 0.6 is 0 Å². The van der Waals surface area contributed by atoms with Crippen LogP contribution in [-0.2, 0) is 4.74 Å². The van der Waals surface area contributed by atoms with Gasteiger partial charge in [0.15, 0.2) is 11.5 Å². The number of rotatable bonds is 7. The van der Waals surface area contributed by atoms with E-state index >= 15 is 0 Å². The largest absolute Gasteiger partial charge is 0.490 e. The number of fused-ring (bicyclic) bond motifs is 1. The molecule has 2 N–H and O–H groups in total. The Balaban J connectivity index is 1.70. The highest BCUT2D eigenvalue weighted by molar-refractivity contribution is 5.89. The first-order valence-corrected chi connectivity index (χ1v) is 8.17. The van der Waals surface area contributed by atoms with Crippen molar-refractivity contribution in [2.45, 2.75) is 26.7 Å². The van der Waals surface area contributed by atoms with Gasteiger partial charge in [-0.15, -0.1) is 0 Å². The number of hydrogen-bond donors (Lipinski definition) is 2. The first-order chi connectivity index (χ1) is 11.1. The standard InChI is InChI=1S/C17H26N2O4/c1-13(2)12-21-8-3-7-18-17(20)19-14-5-6-15-16(11-14)23-10-4-9-22-15/h5-6,11,13H,3-4,7-10,12H2,1-2H3,(H2,18,19,20). The van der Waals surface area contributed by atoms with Gasteiger partial charge < -0.3 is 24.8 Å². The fourth-order valence-corrected chi connectivity index (χ4v) is 2.11. The number of amides is 2. The molecule has 2 rings (SSSR count). The Hall–Kier alpha value is -1.95. The third-order valence-electron chi connectivity index (χ3n) is 3.21. The summed E-state index contributed by atoms with van der Waals surface area (Å²) in [4.78, 5) is 11.9. The summed E-state index contributed by atoms with van der Waals surface area (Å²) in [5, 5.41) is 5.60. The van der Waals surface area contributed by atoms with E-state index in [4.69, 9.17) is 14.2 Å². The highest BCUT2D eigenvalue weighted by Gasteiger charge is 2.11. The predicted octanol–water partition coefficient (Wildman–Crippen LogP) is 3.03. The summed E-state index contributed by atoms with van der Waals surface area (Å²) in [6.07, 6.45) is 1.65. The van der Waals surface area contributed by atoms with Crippen LogP contribution in [0.25, 0.3) is 0 Å². The number of nitrogens with one attached hydrogen (secondary N) is 2. The minimum absolute atomic E-state index is 0.233. The van der Waals surface area contributed by atoms with Gasteiger partial charge in [0.05, 0.1) is 13.2 Å². The normalized spacial score (nSPS) is 13.5. The van der Waals surface area contributed by atoms with Crippen LogP contribution in [0.4, 0.5) is 10.5 Å². The summed E-state index contributed by atoms with van der Waals surface area (Å²) in [6.45, 7) is 7.49. The van der Waals surface area contributed by atoms with Gasteiger partial charge in [-0.2, -0.15) is 0 Å². The van der Waals surface area contributed by atoms with Crippen molar-refractivity contribution in [3.8, 4) is 11.5 Å². The molecule has 1 aliphatic rings. The lowest BCUT2D eigenvalue weighted by molar-refractivity contribution is 0.108. The maximum absolute atomic E-state index is 11.9. The highest BCUT2D eigenvalue weighted by atomic mass is 16.5. The second kappa shape index (κ2) is 9.25. The maximum Gasteiger partial charge on any atom is 0.319 e. The van der Waals surface area contributed by atoms with Crippen LogP contribution in [0, 0.1) is 5.92 Å². The van der Waals surface area contributed by atoms with Crippen LogP contribution in [0.5, 0.6) is 11.5 Å². The van der Waals surface area contributed by atoms with Crippen molar-refractivity contribution in [2.75, 3.05) is 38.3 Å². The van der Waals surface area contributed by atoms with Crippen LogP contribution in [0.15, 0.2) is 18.2 Å². The number of urea groups is 1. The summed E-state index contributed by atoms with van der Waals surface area (Å²) < 4.78 is 16.6. The number of ether oxygens (including phenoxy) is 3. The molecule has 0 spiro atoms. The topological polar surface area (TPSA) is 68.8 Å². The fourth-order valence-electron chi connectivity index (χ4n) is 2.11. The Morgan fingerprint density at radius 2 is 2.04 bits per heavy atom. The van der Waals surface area contributed by atoms with Gasteiger partial charge in [0.1, 0.15) is 0 Å². The summed E-state index contributed by atoms with van der Waals surface area (Å²) in [5.41, 5.74) is 0.683. The van der Waals surface area contributed by atoms with Crippen molar-refractivity contribution in [1.29, 1.82) is 0 Å². The zero-order chi connectivity index (χ0) is 16.5. The van der Waals surface area contributed by atoms with E-state index in [0.29, 0.717) is 43.7 Å². The summed E-state index contributed by atoms with van der Waals surface area (Å²) in [5.74, 6) is 1.92. The van der Waals surface area contributed by atoms with Gasteiger partial charge in [0, 0.05) is 37.9 Å². The molecule has 1 heterocycles. The second-order valence-corrected chi connectivity index (χ2v) is 5.92. The van der Waals surface area contributed by atoms with E-state index in [2.05, 4.69) is 24.5 Å². The van der Waals surface area contributed by atoms with Gasteiger partial charge in [0.2, 0.25) is 0 Å². The lowest BCUT2D eigenvalue weighted by atomic mass is 10.2. The van der Waals surface area contributed by atoms with Gasteiger partial charge >= 0.3 is 6.03 Å².